The van der Waals surface area contributed by atoms with Crippen LogP contribution in [0.4, 0.5) is 0 Å². The molecule has 1 N–H and O–H groups in total. The van der Waals surface area contributed by atoms with Crippen molar-refractivity contribution in [1.29, 1.82) is 0 Å². The summed E-state index contributed by atoms with van der Waals surface area (Å²) >= 11 is 1.50. The van der Waals surface area contributed by atoms with Crippen molar-refractivity contribution in [2.24, 2.45) is 4.99 Å². The molecular formula is C26H34N4O3S. The number of hydrogen-bond acceptors (Lipinski definition) is 7. The number of aryl methyl sites for hydroxylation is 1. The van der Waals surface area contributed by atoms with Crippen LogP contribution in [0.5, 0.6) is 0 Å². The molecule has 1 saturated heterocycles. The van der Waals surface area contributed by atoms with Crippen molar-refractivity contribution < 1.29 is 14.3 Å². The number of aliphatic imine (C=N–C) groups is 1. The first-order valence-electron chi connectivity index (χ1n) is 12.0. The van der Waals surface area contributed by atoms with Crippen LogP contribution >= 0.6 is 11.8 Å². The van der Waals surface area contributed by atoms with Crippen LogP contribution in [-0.2, 0) is 14.3 Å². The zero-order valence-corrected chi connectivity index (χ0v) is 21.3. The fourth-order valence-electron chi connectivity index (χ4n) is 5.02. The Labute approximate surface area is 206 Å². The summed E-state index contributed by atoms with van der Waals surface area (Å²) in [6.45, 7) is 5.84. The molecule has 3 aliphatic heterocycles. The van der Waals surface area contributed by atoms with E-state index in [1.807, 2.05) is 42.4 Å². The third-order valence-corrected chi connectivity index (χ3v) is 7.69. The average Bonchev–Trinajstić information content (AvgIpc) is 3.42. The Hall–Kier alpha value is -2.58. The highest BCUT2D eigenvalue weighted by molar-refractivity contribution is 8.16. The maximum Gasteiger partial charge on any atom is 0.338 e. The van der Waals surface area contributed by atoms with Gasteiger partial charge in [0.1, 0.15) is 0 Å². The number of amidine groups is 1. The van der Waals surface area contributed by atoms with Crippen molar-refractivity contribution >= 4 is 28.8 Å². The van der Waals surface area contributed by atoms with Gasteiger partial charge in [0.25, 0.3) is 0 Å². The van der Waals surface area contributed by atoms with Crippen LogP contribution in [0.15, 0.2) is 51.6 Å². The summed E-state index contributed by atoms with van der Waals surface area (Å²) in [6, 6.07) is 8.31. The number of benzene rings is 1. The van der Waals surface area contributed by atoms with E-state index >= 15 is 0 Å². The maximum absolute atomic E-state index is 12.9. The summed E-state index contributed by atoms with van der Waals surface area (Å²) in [6.07, 6.45) is 4.25. The number of nitrogens with one attached hydrogen (secondary N) is 1. The van der Waals surface area contributed by atoms with Gasteiger partial charge in [-0.1, -0.05) is 48.5 Å². The number of thioether (sulfide) groups is 1. The van der Waals surface area contributed by atoms with E-state index in [4.69, 9.17) is 9.73 Å². The van der Waals surface area contributed by atoms with Gasteiger partial charge in [0, 0.05) is 18.3 Å². The van der Waals surface area contributed by atoms with Crippen molar-refractivity contribution in [1.82, 2.24) is 15.1 Å². The van der Waals surface area contributed by atoms with Crippen molar-refractivity contribution in [3.05, 3.63) is 57.8 Å². The molecule has 182 valence electrons. The molecule has 0 bridgehead atoms. The summed E-state index contributed by atoms with van der Waals surface area (Å²) in [7, 11) is 3.56. The van der Waals surface area contributed by atoms with Crippen molar-refractivity contribution in [2.45, 2.75) is 58.0 Å². The molecule has 0 aromatic heterocycles. The van der Waals surface area contributed by atoms with Gasteiger partial charge in [0.15, 0.2) is 5.17 Å². The molecule has 3 heterocycles. The predicted octanol–water partition coefficient (Wildman–Crippen LogP) is 4.12. The summed E-state index contributed by atoms with van der Waals surface area (Å²) in [5.41, 5.74) is 4.21. The number of nitrogens with zero attached hydrogens (tertiary/aromatic N) is 3. The number of carbonyl (C=O) groups is 2. The Balaban J connectivity index is 1.55. The van der Waals surface area contributed by atoms with Crippen LogP contribution in [0.25, 0.3) is 0 Å². The molecule has 2 atom stereocenters. The number of likely N-dealkylation sites (tertiary alicyclic amines) is 1. The number of ether oxygens (including phenoxy) is 1. The first-order chi connectivity index (χ1) is 16.4. The smallest absolute Gasteiger partial charge is 0.338 e. The molecule has 34 heavy (non-hydrogen) atoms. The Bertz CT molecular complexity index is 1050. The van der Waals surface area contributed by atoms with Gasteiger partial charge >= 0.3 is 5.97 Å². The summed E-state index contributed by atoms with van der Waals surface area (Å²) in [4.78, 5) is 35.0. The molecule has 8 heteroatoms. The van der Waals surface area contributed by atoms with Gasteiger partial charge in [0.05, 0.1) is 30.8 Å². The molecule has 4 rings (SSSR count). The number of esters is 1. The fourth-order valence-corrected chi connectivity index (χ4v) is 5.95. The fraction of sp³-hybridized carbons (Fsp3) is 0.500. The minimum absolute atomic E-state index is 0.0124. The van der Waals surface area contributed by atoms with Gasteiger partial charge in [0.2, 0.25) is 5.91 Å². The molecule has 1 amide bonds. The lowest BCUT2D eigenvalue weighted by molar-refractivity contribution is -0.136. The first kappa shape index (κ1) is 24.5. The zero-order valence-electron chi connectivity index (χ0n) is 20.5. The monoisotopic (exact) mass is 482 g/mol. The summed E-state index contributed by atoms with van der Waals surface area (Å²) in [5, 5.41) is 5.88. The largest absolute Gasteiger partial charge is 0.466 e. The van der Waals surface area contributed by atoms with E-state index in [1.54, 1.807) is 0 Å². The molecular weight excluding hydrogens is 448 g/mol. The lowest BCUT2D eigenvalue weighted by Gasteiger charge is -2.36. The van der Waals surface area contributed by atoms with Crippen molar-refractivity contribution in [3.63, 3.8) is 0 Å². The zero-order chi connectivity index (χ0) is 24.2. The highest BCUT2D eigenvalue weighted by atomic mass is 32.2. The van der Waals surface area contributed by atoms with Gasteiger partial charge < -0.3 is 19.9 Å². The van der Waals surface area contributed by atoms with E-state index in [0.29, 0.717) is 24.6 Å². The van der Waals surface area contributed by atoms with E-state index in [-0.39, 0.29) is 24.3 Å². The number of fused-ring (bicyclic) bond motifs is 1. The second kappa shape index (κ2) is 10.8. The van der Waals surface area contributed by atoms with E-state index in [9.17, 15) is 9.59 Å². The van der Waals surface area contributed by atoms with Crippen LogP contribution in [-0.4, -0.2) is 60.1 Å². The van der Waals surface area contributed by atoms with Gasteiger partial charge in [-0.05, 0) is 57.2 Å². The quantitative estimate of drug-likeness (QED) is 0.562. The number of hydrogen-bond donors (Lipinski definition) is 1. The molecule has 0 saturated carbocycles. The third kappa shape index (κ3) is 5.08. The SMILES string of the molecule is CCC1=C(C(=O)OC)[C@H](c2cccc(C)c2)N2C(CC(=O)NCC[C@H]3CCCN3C)=CSC2=N1. The molecule has 1 fully saturated rings. The number of amides is 1. The van der Waals surface area contributed by atoms with Crippen molar-refractivity contribution in [2.75, 3.05) is 27.2 Å². The Morgan fingerprint density at radius 2 is 2.15 bits per heavy atom. The Kier molecular flexibility index (Phi) is 7.78. The molecule has 3 aliphatic rings. The second-order valence-electron chi connectivity index (χ2n) is 9.11. The summed E-state index contributed by atoms with van der Waals surface area (Å²) < 4.78 is 5.18. The second-order valence-corrected chi connectivity index (χ2v) is 9.94. The first-order valence-corrected chi connectivity index (χ1v) is 12.9. The number of methoxy groups -OCH3 is 1. The average molecular weight is 483 g/mol. The molecule has 0 radical (unpaired) electrons. The predicted molar refractivity (Wildman–Crippen MR) is 136 cm³/mol. The minimum Gasteiger partial charge on any atom is -0.466 e. The number of carbonyl (C=O) groups excluding carboxylic acids is 2. The van der Waals surface area contributed by atoms with Gasteiger partial charge in [-0.3, -0.25) is 4.79 Å². The Morgan fingerprint density at radius 3 is 2.82 bits per heavy atom. The van der Waals surface area contributed by atoms with Gasteiger partial charge in [-0.25, -0.2) is 9.79 Å². The molecule has 0 aliphatic carbocycles. The summed E-state index contributed by atoms with van der Waals surface area (Å²) in [5.74, 6) is -0.394. The minimum atomic E-state index is -0.382. The van der Waals surface area contributed by atoms with Crippen LogP contribution < -0.4 is 5.32 Å². The van der Waals surface area contributed by atoms with E-state index in [0.717, 1.165) is 40.7 Å². The lowest BCUT2D eigenvalue weighted by atomic mass is 9.92. The number of rotatable bonds is 8. The Morgan fingerprint density at radius 1 is 1.32 bits per heavy atom. The normalized spacial score (nSPS) is 22.4. The standard InChI is InChI=1S/C26H34N4O3S/c1-5-21-23(25(32)33-4)24(18-9-6-8-17(2)14-18)30-20(16-34-26(30)28-21)15-22(31)27-12-11-19-10-7-13-29(19)3/h6,8-9,14,16,19,24H,5,7,10-13,15H2,1-4H3,(H,27,31)/t19-,24+/m1/s1. The van der Waals surface area contributed by atoms with Crippen LogP contribution in [0, 0.1) is 6.92 Å². The molecule has 1 aromatic carbocycles. The van der Waals surface area contributed by atoms with Crippen LogP contribution in [0.1, 0.15) is 56.2 Å². The van der Waals surface area contributed by atoms with E-state index in [2.05, 4.69) is 23.3 Å². The van der Waals surface area contributed by atoms with Crippen LogP contribution in [0.3, 0.4) is 0 Å². The van der Waals surface area contributed by atoms with E-state index < -0.39 is 0 Å². The lowest BCUT2D eigenvalue weighted by Crippen LogP contribution is -2.38. The molecule has 0 spiro atoms. The van der Waals surface area contributed by atoms with E-state index in [1.165, 1.54) is 31.7 Å². The van der Waals surface area contributed by atoms with Gasteiger partial charge in [-0.15, -0.1) is 0 Å². The molecule has 0 unspecified atom stereocenters. The van der Waals surface area contributed by atoms with Crippen LogP contribution in [0.2, 0.25) is 0 Å². The highest BCUT2D eigenvalue weighted by Crippen LogP contribution is 2.45. The topological polar surface area (TPSA) is 74.2 Å². The highest BCUT2D eigenvalue weighted by Gasteiger charge is 2.41. The third-order valence-electron chi connectivity index (χ3n) is 6.80. The van der Waals surface area contributed by atoms with Gasteiger partial charge in [-0.2, -0.15) is 0 Å². The maximum atomic E-state index is 12.9. The molecule has 1 aromatic rings. The molecule has 7 nitrogen and oxygen atoms in total. The van der Waals surface area contributed by atoms with Crippen molar-refractivity contribution in [3.8, 4) is 0 Å². The number of allylic oxidation sites excluding steroid dienone is 1.